The van der Waals surface area contributed by atoms with Gasteiger partial charge in [-0.2, -0.15) is 14.6 Å². The number of hydrogen-bond acceptors (Lipinski definition) is 6. The van der Waals surface area contributed by atoms with Crippen molar-refractivity contribution in [1.82, 2.24) is 14.6 Å². The number of hydrogen-bond donors (Lipinski definition) is 0. The van der Waals surface area contributed by atoms with E-state index in [1.54, 1.807) is 41.3 Å². The Morgan fingerprint density at radius 1 is 0.857 bits per heavy atom. The molecule has 5 aromatic rings. The minimum Gasteiger partial charge on any atom is -0.303 e. The first kappa shape index (κ1) is 21.4. The molecule has 1 aliphatic heterocycles. The van der Waals surface area contributed by atoms with Crippen molar-refractivity contribution < 1.29 is 4.79 Å². The average molecular weight is 499 g/mol. The first-order valence-corrected chi connectivity index (χ1v) is 11.9. The van der Waals surface area contributed by atoms with Gasteiger partial charge < -0.3 is 4.90 Å². The average Bonchev–Trinajstić information content (AvgIpc) is 3.33. The molecule has 6 rings (SSSR count). The van der Waals surface area contributed by atoms with Gasteiger partial charge in [-0.25, -0.2) is 0 Å². The Morgan fingerprint density at radius 3 is 2.34 bits per heavy atom. The fourth-order valence-electron chi connectivity index (χ4n) is 4.17. The van der Waals surface area contributed by atoms with Gasteiger partial charge in [-0.15, -0.1) is 0 Å². The number of carbonyl (C=O) groups excluding carboxylic acids is 1. The molecule has 35 heavy (non-hydrogen) atoms. The molecule has 9 heteroatoms. The molecule has 170 valence electrons. The summed E-state index contributed by atoms with van der Waals surface area (Å²) in [5, 5.41) is 4.91. The summed E-state index contributed by atoms with van der Waals surface area (Å²) in [5.41, 5.74) is 2.18. The number of aromatic nitrogens is 3. The molecule has 0 fully saturated rings. The van der Waals surface area contributed by atoms with E-state index in [4.69, 9.17) is 11.6 Å². The largest absolute Gasteiger partial charge is 0.303 e. The van der Waals surface area contributed by atoms with Crippen LogP contribution in [0, 0.1) is 0 Å². The summed E-state index contributed by atoms with van der Waals surface area (Å²) < 4.78 is 1.31. The molecule has 0 spiro atoms. The lowest BCUT2D eigenvalue weighted by Crippen LogP contribution is -2.32. The molecule has 0 N–H and O–H groups in total. The zero-order valence-electron chi connectivity index (χ0n) is 18.0. The van der Waals surface area contributed by atoms with E-state index in [1.165, 1.54) is 0 Å². The van der Waals surface area contributed by atoms with Crippen LogP contribution in [0.5, 0.6) is 0 Å². The molecule has 1 aliphatic rings. The van der Waals surface area contributed by atoms with E-state index in [0.29, 0.717) is 28.4 Å². The van der Waals surface area contributed by atoms with Crippen LogP contribution in [-0.2, 0) is 11.3 Å². The first-order valence-electron chi connectivity index (χ1n) is 10.7. The molecule has 0 saturated heterocycles. The summed E-state index contributed by atoms with van der Waals surface area (Å²) in [7, 11) is 0. The van der Waals surface area contributed by atoms with Gasteiger partial charge in [0.1, 0.15) is 4.53 Å². The van der Waals surface area contributed by atoms with Gasteiger partial charge in [0.2, 0.25) is 4.96 Å². The Bertz CT molecular complexity index is 1800. The zero-order valence-corrected chi connectivity index (χ0v) is 19.6. The van der Waals surface area contributed by atoms with Gasteiger partial charge >= 0.3 is 5.56 Å². The van der Waals surface area contributed by atoms with E-state index < -0.39 is 11.1 Å². The number of thiazole rings is 1. The molecule has 2 aromatic heterocycles. The molecule has 0 unspecified atom stereocenters. The summed E-state index contributed by atoms with van der Waals surface area (Å²) in [5.74, 6) is -0.295. The van der Waals surface area contributed by atoms with Crippen LogP contribution in [0.3, 0.4) is 0 Å². The fraction of sp³-hybridized carbons (Fsp3) is 0.0385. The van der Waals surface area contributed by atoms with Gasteiger partial charge in [-0.05, 0) is 23.8 Å². The lowest BCUT2D eigenvalue weighted by Gasteiger charge is -2.17. The number of amides is 1. The first-order chi connectivity index (χ1) is 17.0. The monoisotopic (exact) mass is 498 g/mol. The highest BCUT2D eigenvalue weighted by molar-refractivity contribution is 7.15. The summed E-state index contributed by atoms with van der Waals surface area (Å²) >= 11 is 7.00. The smallest absolute Gasteiger partial charge is 0.300 e. The molecule has 1 amide bonds. The van der Waals surface area contributed by atoms with E-state index in [1.807, 2.05) is 42.5 Å². The zero-order chi connectivity index (χ0) is 24.1. The van der Waals surface area contributed by atoms with E-state index >= 15 is 0 Å². The van der Waals surface area contributed by atoms with Crippen LogP contribution in [0.2, 0.25) is 5.02 Å². The van der Waals surface area contributed by atoms with E-state index in [2.05, 4.69) is 10.1 Å². The third-order valence-corrected chi connectivity index (χ3v) is 7.09. The maximum absolute atomic E-state index is 13.6. The van der Waals surface area contributed by atoms with Crippen LogP contribution >= 0.6 is 22.9 Å². The topological polar surface area (TPSA) is 84.6 Å². The highest BCUT2D eigenvalue weighted by Crippen LogP contribution is 2.36. The molecule has 0 aliphatic carbocycles. The van der Waals surface area contributed by atoms with E-state index in [9.17, 15) is 14.4 Å². The minimum absolute atomic E-state index is 0.0806. The summed E-state index contributed by atoms with van der Waals surface area (Å²) in [4.78, 5) is 45.6. The Hall–Kier alpha value is -4.14. The highest BCUT2D eigenvalue weighted by Gasteiger charge is 2.34. The van der Waals surface area contributed by atoms with Crippen molar-refractivity contribution in [2.75, 3.05) is 4.90 Å². The molecular weight excluding hydrogens is 484 g/mol. The standard InChI is InChI=1S/C26H15ClN4O3S/c27-17-12-10-15(11-13-17)14-30-19-9-5-4-8-18(19)20(24(30)33)22-25(34)31-26(35-22)28-23(32)21(29-31)16-6-2-1-3-7-16/h1-13H,14H2. The molecule has 0 bridgehead atoms. The number of rotatable bonds is 3. The molecule has 3 aromatic carbocycles. The summed E-state index contributed by atoms with van der Waals surface area (Å²) in [6, 6.07) is 23.4. The maximum Gasteiger partial charge on any atom is 0.300 e. The van der Waals surface area contributed by atoms with Crippen LogP contribution in [0.15, 0.2) is 88.5 Å². The predicted molar refractivity (Wildman–Crippen MR) is 136 cm³/mol. The third kappa shape index (κ3) is 3.54. The molecule has 3 heterocycles. The Kier molecular flexibility index (Phi) is 5.05. The highest BCUT2D eigenvalue weighted by atomic mass is 35.5. The van der Waals surface area contributed by atoms with Gasteiger partial charge in [-0.3, -0.25) is 14.4 Å². The Morgan fingerprint density at radius 2 is 1.57 bits per heavy atom. The van der Waals surface area contributed by atoms with Gasteiger partial charge in [0, 0.05) is 16.1 Å². The van der Waals surface area contributed by atoms with Crippen LogP contribution < -0.4 is 20.6 Å². The minimum atomic E-state index is -0.531. The predicted octanol–water partition coefficient (Wildman–Crippen LogP) is 3.30. The molecule has 0 atom stereocenters. The number of benzene rings is 3. The SMILES string of the molecule is O=C1C(=c2sc3nc(=O)c(-c4ccccc4)nn3c2=O)c2ccccc2N1Cc1ccc(Cl)cc1. The molecular formula is C26H15ClN4O3S. The quantitative estimate of drug-likeness (QED) is 0.381. The summed E-state index contributed by atoms with van der Waals surface area (Å²) in [6.07, 6.45) is 0. The third-order valence-electron chi connectivity index (χ3n) is 5.81. The number of anilines is 1. The fourth-order valence-corrected chi connectivity index (χ4v) is 5.29. The van der Waals surface area contributed by atoms with Crippen molar-refractivity contribution in [1.29, 1.82) is 0 Å². The van der Waals surface area contributed by atoms with Gasteiger partial charge in [-0.1, -0.05) is 83.6 Å². The van der Waals surface area contributed by atoms with Gasteiger partial charge in [0.05, 0.1) is 17.8 Å². The normalized spacial score (nSPS) is 14.5. The number of carbonyl (C=O) groups is 1. The van der Waals surface area contributed by atoms with Crippen molar-refractivity contribution in [2.45, 2.75) is 6.54 Å². The molecule has 0 saturated carbocycles. The van der Waals surface area contributed by atoms with Crippen LogP contribution in [-0.4, -0.2) is 20.5 Å². The van der Waals surface area contributed by atoms with Crippen molar-refractivity contribution >= 4 is 45.1 Å². The number of nitrogens with zero attached hydrogens (tertiary/aromatic N) is 4. The maximum atomic E-state index is 13.6. The second-order valence-corrected chi connectivity index (χ2v) is 9.39. The van der Waals surface area contributed by atoms with Crippen LogP contribution in [0.25, 0.3) is 21.8 Å². The van der Waals surface area contributed by atoms with Crippen molar-refractivity contribution in [2.24, 2.45) is 0 Å². The molecule has 0 radical (unpaired) electrons. The van der Waals surface area contributed by atoms with Crippen molar-refractivity contribution in [3.05, 3.63) is 120 Å². The van der Waals surface area contributed by atoms with Crippen molar-refractivity contribution in [3.8, 4) is 11.3 Å². The Balaban J connectivity index is 1.55. The second kappa shape index (κ2) is 8.26. The molecule has 7 nitrogen and oxygen atoms in total. The van der Waals surface area contributed by atoms with Gasteiger partial charge in [0.15, 0.2) is 5.69 Å². The van der Waals surface area contributed by atoms with Crippen LogP contribution in [0.1, 0.15) is 11.1 Å². The van der Waals surface area contributed by atoms with Crippen LogP contribution in [0.4, 0.5) is 5.69 Å². The van der Waals surface area contributed by atoms with E-state index in [0.717, 1.165) is 21.4 Å². The Labute approximate surface area is 207 Å². The number of halogens is 1. The number of fused-ring (bicyclic) bond motifs is 2. The summed E-state index contributed by atoms with van der Waals surface area (Å²) in [6.45, 7) is 0.322. The van der Waals surface area contributed by atoms with Gasteiger partial charge in [0.25, 0.3) is 11.5 Å². The lowest BCUT2D eigenvalue weighted by molar-refractivity contribution is -0.113. The number of para-hydroxylation sites is 1. The lowest BCUT2D eigenvalue weighted by atomic mass is 10.1. The van der Waals surface area contributed by atoms with E-state index in [-0.39, 0.29) is 26.7 Å². The van der Waals surface area contributed by atoms with Crippen molar-refractivity contribution in [3.63, 3.8) is 0 Å². The second-order valence-electron chi connectivity index (χ2n) is 7.97.